The summed E-state index contributed by atoms with van der Waals surface area (Å²) in [5, 5.41) is 11.4. The van der Waals surface area contributed by atoms with Crippen molar-refractivity contribution in [2.45, 2.75) is 0 Å². The van der Waals surface area contributed by atoms with Crippen LogP contribution in [0, 0.1) is 0 Å². The molecular formula is C10H7N3O. The Bertz CT molecular complexity index is 615. The zero-order chi connectivity index (χ0) is 9.54. The van der Waals surface area contributed by atoms with Crippen LogP contribution in [-0.2, 0) is 0 Å². The van der Waals surface area contributed by atoms with Gasteiger partial charge >= 0.3 is 0 Å². The van der Waals surface area contributed by atoms with Gasteiger partial charge in [-0.3, -0.25) is 4.98 Å². The average Bonchev–Trinajstić information content (AvgIpc) is 2.65. The van der Waals surface area contributed by atoms with Crippen molar-refractivity contribution in [3.63, 3.8) is 0 Å². The summed E-state index contributed by atoms with van der Waals surface area (Å²) >= 11 is 0. The van der Waals surface area contributed by atoms with Crippen LogP contribution in [-0.4, -0.2) is 20.1 Å². The van der Waals surface area contributed by atoms with E-state index in [9.17, 15) is 5.11 Å². The summed E-state index contributed by atoms with van der Waals surface area (Å²) in [6.45, 7) is 0. The van der Waals surface area contributed by atoms with Gasteiger partial charge in [-0.15, -0.1) is 0 Å². The maximum absolute atomic E-state index is 9.71. The summed E-state index contributed by atoms with van der Waals surface area (Å²) in [5.41, 5.74) is 1.47. The lowest BCUT2D eigenvalue weighted by molar-refractivity contribution is 0.481. The normalized spacial score (nSPS) is 11.1. The second-order valence-corrected chi connectivity index (χ2v) is 3.09. The number of pyridine rings is 2. The highest BCUT2D eigenvalue weighted by Gasteiger charge is 2.06. The van der Waals surface area contributed by atoms with Gasteiger partial charge in [0.15, 0.2) is 0 Å². The van der Waals surface area contributed by atoms with Gasteiger partial charge in [0.05, 0.1) is 17.1 Å². The molecule has 68 valence electrons. The van der Waals surface area contributed by atoms with E-state index in [4.69, 9.17) is 0 Å². The molecule has 0 aliphatic rings. The van der Waals surface area contributed by atoms with Crippen LogP contribution in [0.3, 0.4) is 0 Å². The lowest BCUT2D eigenvalue weighted by Gasteiger charge is -2.00. The highest BCUT2D eigenvalue weighted by atomic mass is 16.3. The van der Waals surface area contributed by atoms with Gasteiger partial charge in [-0.25, -0.2) is 4.98 Å². The van der Waals surface area contributed by atoms with Crippen molar-refractivity contribution in [3.05, 3.63) is 30.7 Å². The van der Waals surface area contributed by atoms with E-state index < -0.39 is 0 Å². The smallest absolute Gasteiger partial charge is 0.138 e. The fourth-order valence-corrected chi connectivity index (χ4v) is 1.64. The van der Waals surface area contributed by atoms with Crippen molar-refractivity contribution >= 4 is 21.9 Å². The molecule has 14 heavy (non-hydrogen) atoms. The fraction of sp³-hybridized carbons (Fsp3) is 0. The molecule has 0 unspecified atom stereocenters. The van der Waals surface area contributed by atoms with E-state index in [0.29, 0.717) is 5.52 Å². The van der Waals surface area contributed by atoms with E-state index in [0.717, 1.165) is 16.4 Å². The van der Waals surface area contributed by atoms with Crippen LogP contribution in [0.4, 0.5) is 0 Å². The number of aromatic nitrogens is 3. The van der Waals surface area contributed by atoms with Crippen LogP contribution < -0.4 is 0 Å². The van der Waals surface area contributed by atoms with Gasteiger partial charge in [-0.1, -0.05) is 0 Å². The van der Waals surface area contributed by atoms with Crippen molar-refractivity contribution in [1.29, 1.82) is 0 Å². The number of hydrogen-bond acceptors (Lipinski definition) is 3. The molecule has 4 heteroatoms. The Kier molecular flexibility index (Phi) is 1.28. The van der Waals surface area contributed by atoms with Gasteiger partial charge in [-0.05, 0) is 12.1 Å². The molecule has 0 spiro atoms. The molecule has 0 saturated carbocycles. The molecule has 0 saturated heterocycles. The molecule has 4 nitrogen and oxygen atoms in total. The minimum Gasteiger partial charge on any atom is -0.507 e. The first-order chi connectivity index (χ1) is 6.86. The lowest BCUT2D eigenvalue weighted by atomic mass is 10.2. The van der Waals surface area contributed by atoms with Crippen LogP contribution in [0.15, 0.2) is 30.7 Å². The molecule has 0 atom stereocenters. The third kappa shape index (κ3) is 0.821. The predicted octanol–water partition coefficient (Wildman–Crippen LogP) is 1.82. The molecule has 0 radical (unpaired) electrons. The SMILES string of the molecule is Oc1ccnc2cnc3[nH]ccc3c12. The third-order valence-corrected chi connectivity index (χ3v) is 2.27. The molecule has 3 aromatic heterocycles. The van der Waals surface area contributed by atoms with E-state index in [1.165, 1.54) is 0 Å². The lowest BCUT2D eigenvalue weighted by Crippen LogP contribution is -1.83. The summed E-state index contributed by atoms with van der Waals surface area (Å²) in [6.07, 6.45) is 5.01. The Hall–Kier alpha value is -2.10. The Labute approximate surface area is 79.2 Å². The summed E-state index contributed by atoms with van der Waals surface area (Å²) in [4.78, 5) is 11.3. The molecule has 3 heterocycles. The zero-order valence-electron chi connectivity index (χ0n) is 7.23. The molecule has 0 fully saturated rings. The average molecular weight is 185 g/mol. The van der Waals surface area contributed by atoms with Gasteiger partial charge in [0, 0.05) is 17.8 Å². The fourth-order valence-electron chi connectivity index (χ4n) is 1.64. The number of H-pyrrole nitrogens is 1. The standard InChI is InChI=1S/C10H7N3O/c14-8-2-4-11-7-5-13-10-6(9(7)8)1-3-12-10/h1-5H,(H,11,14)(H,12,13). The van der Waals surface area contributed by atoms with Gasteiger partial charge < -0.3 is 10.1 Å². The first kappa shape index (κ1) is 7.32. The number of aromatic hydroxyl groups is 1. The first-order valence-corrected chi connectivity index (χ1v) is 4.26. The molecule has 0 aromatic carbocycles. The molecular weight excluding hydrogens is 178 g/mol. The van der Waals surface area contributed by atoms with Crippen LogP contribution >= 0.6 is 0 Å². The summed E-state index contributed by atoms with van der Waals surface area (Å²) in [5.74, 6) is 0.238. The zero-order valence-corrected chi connectivity index (χ0v) is 7.23. The van der Waals surface area contributed by atoms with Crippen molar-refractivity contribution in [2.75, 3.05) is 0 Å². The number of hydrogen-bond donors (Lipinski definition) is 2. The van der Waals surface area contributed by atoms with Crippen LogP contribution in [0.1, 0.15) is 0 Å². The van der Waals surface area contributed by atoms with E-state index >= 15 is 0 Å². The van der Waals surface area contributed by atoms with Crippen LogP contribution in [0.2, 0.25) is 0 Å². The quantitative estimate of drug-likeness (QED) is 0.561. The van der Waals surface area contributed by atoms with Crippen molar-refractivity contribution in [1.82, 2.24) is 15.0 Å². The van der Waals surface area contributed by atoms with E-state index in [2.05, 4.69) is 15.0 Å². The van der Waals surface area contributed by atoms with E-state index in [1.54, 1.807) is 24.7 Å². The molecule has 3 aromatic rings. The Balaban J connectivity index is 2.67. The molecule has 0 bridgehead atoms. The van der Waals surface area contributed by atoms with Crippen molar-refractivity contribution < 1.29 is 5.11 Å². The van der Waals surface area contributed by atoms with Crippen LogP contribution in [0.5, 0.6) is 5.75 Å². The molecule has 0 aliphatic carbocycles. The number of nitrogens with one attached hydrogen (secondary N) is 1. The van der Waals surface area contributed by atoms with Gasteiger partial charge in [0.25, 0.3) is 0 Å². The molecule has 0 amide bonds. The number of fused-ring (bicyclic) bond motifs is 3. The molecule has 0 aliphatic heterocycles. The Morgan fingerprint density at radius 1 is 1.21 bits per heavy atom. The summed E-state index contributed by atoms with van der Waals surface area (Å²) in [6, 6.07) is 3.46. The van der Waals surface area contributed by atoms with Crippen molar-refractivity contribution in [2.24, 2.45) is 0 Å². The van der Waals surface area contributed by atoms with Gasteiger partial charge in [0.1, 0.15) is 11.4 Å². The third-order valence-electron chi connectivity index (χ3n) is 2.27. The second-order valence-electron chi connectivity index (χ2n) is 3.09. The van der Waals surface area contributed by atoms with Crippen LogP contribution in [0.25, 0.3) is 21.9 Å². The topological polar surface area (TPSA) is 61.8 Å². The minimum atomic E-state index is 0.238. The largest absolute Gasteiger partial charge is 0.507 e. The monoisotopic (exact) mass is 185 g/mol. The highest BCUT2D eigenvalue weighted by Crippen LogP contribution is 2.28. The first-order valence-electron chi connectivity index (χ1n) is 4.26. The number of rotatable bonds is 0. The number of nitrogens with zero attached hydrogens (tertiary/aromatic N) is 2. The molecule has 3 rings (SSSR count). The number of aromatic amines is 1. The Morgan fingerprint density at radius 3 is 3.07 bits per heavy atom. The maximum atomic E-state index is 9.71. The van der Waals surface area contributed by atoms with Gasteiger partial charge in [0.2, 0.25) is 0 Å². The molecule has 2 N–H and O–H groups in total. The summed E-state index contributed by atoms with van der Waals surface area (Å²) in [7, 11) is 0. The highest BCUT2D eigenvalue weighted by molar-refractivity contribution is 6.06. The minimum absolute atomic E-state index is 0.238. The summed E-state index contributed by atoms with van der Waals surface area (Å²) < 4.78 is 0. The van der Waals surface area contributed by atoms with Crippen molar-refractivity contribution in [3.8, 4) is 5.75 Å². The maximum Gasteiger partial charge on any atom is 0.138 e. The van der Waals surface area contributed by atoms with E-state index in [-0.39, 0.29) is 5.75 Å². The van der Waals surface area contributed by atoms with Gasteiger partial charge in [-0.2, -0.15) is 0 Å². The Morgan fingerprint density at radius 2 is 2.14 bits per heavy atom. The van der Waals surface area contributed by atoms with E-state index in [1.807, 2.05) is 6.07 Å². The second kappa shape index (κ2) is 2.45. The predicted molar refractivity (Wildman–Crippen MR) is 53.1 cm³/mol.